The van der Waals surface area contributed by atoms with Gasteiger partial charge in [-0.1, -0.05) is 18.2 Å². The van der Waals surface area contributed by atoms with Crippen LogP contribution in [0.1, 0.15) is 0 Å². The van der Waals surface area contributed by atoms with E-state index in [1.165, 1.54) is 0 Å². The second-order valence-electron chi connectivity index (χ2n) is 2.50. The van der Waals surface area contributed by atoms with E-state index in [-0.39, 0.29) is 0 Å². The number of fused-ring (bicyclic) bond motifs is 1. The van der Waals surface area contributed by atoms with E-state index in [9.17, 15) is 0 Å². The number of nitrogens with one attached hydrogen (secondary N) is 1. The third kappa shape index (κ3) is 1.09. The van der Waals surface area contributed by atoms with Crippen LogP contribution >= 0.6 is 0 Å². The highest BCUT2D eigenvalue weighted by Gasteiger charge is 1.94. The van der Waals surface area contributed by atoms with Crippen molar-refractivity contribution < 1.29 is 0 Å². The first-order valence-corrected chi connectivity index (χ1v) is 3.80. The largest absolute Gasteiger partial charge is 0.357 e. The summed E-state index contributed by atoms with van der Waals surface area (Å²) in [4.78, 5) is 8.37. The van der Waals surface area contributed by atoms with Gasteiger partial charge in [0.15, 0.2) is 0 Å². The summed E-state index contributed by atoms with van der Waals surface area (Å²) in [6, 6.07) is 7.91. The third-order valence-corrected chi connectivity index (χ3v) is 1.71. The molecule has 0 aliphatic heterocycles. The van der Waals surface area contributed by atoms with Gasteiger partial charge in [-0.25, -0.2) is 9.97 Å². The Bertz CT molecular complexity index is 398. The van der Waals surface area contributed by atoms with Gasteiger partial charge in [-0.05, 0) is 6.07 Å². The maximum absolute atomic E-state index is 4.27. The lowest BCUT2D eigenvalue weighted by Crippen LogP contribution is -1.95. The van der Waals surface area contributed by atoms with Crippen molar-refractivity contribution in [1.82, 2.24) is 9.97 Å². The molecule has 0 atom stereocenters. The highest BCUT2D eigenvalue weighted by molar-refractivity contribution is 5.78. The zero-order valence-corrected chi connectivity index (χ0v) is 6.78. The molecular formula is C9H9N3. The quantitative estimate of drug-likeness (QED) is 0.687. The van der Waals surface area contributed by atoms with Crippen LogP contribution in [0.5, 0.6) is 0 Å². The summed E-state index contributed by atoms with van der Waals surface area (Å²) in [6.07, 6.45) is 1.81. The number of para-hydroxylation sites is 1. The minimum Gasteiger partial charge on any atom is -0.357 e. The summed E-state index contributed by atoms with van der Waals surface area (Å²) in [5.74, 6) is 0.661. The Kier molecular flexibility index (Phi) is 1.63. The lowest BCUT2D eigenvalue weighted by atomic mass is 10.2. The second-order valence-corrected chi connectivity index (χ2v) is 2.50. The fraction of sp³-hybridized carbons (Fsp3) is 0.111. The van der Waals surface area contributed by atoms with Gasteiger partial charge in [-0.15, -0.1) is 0 Å². The molecule has 1 aromatic carbocycles. The van der Waals surface area contributed by atoms with Crippen LogP contribution in [0.25, 0.3) is 10.9 Å². The molecule has 1 N–H and O–H groups in total. The molecule has 2 rings (SSSR count). The Morgan fingerprint density at radius 2 is 2.08 bits per heavy atom. The van der Waals surface area contributed by atoms with Crippen LogP contribution in [-0.2, 0) is 0 Å². The Morgan fingerprint density at radius 3 is 2.92 bits per heavy atom. The first-order chi connectivity index (χ1) is 5.90. The fourth-order valence-electron chi connectivity index (χ4n) is 1.09. The number of rotatable bonds is 1. The predicted octanol–water partition coefficient (Wildman–Crippen LogP) is 1.67. The van der Waals surface area contributed by atoms with Crippen molar-refractivity contribution in [3.05, 3.63) is 30.5 Å². The molecule has 1 aromatic heterocycles. The van der Waals surface area contributed by atoms with Crippen molar-refractivity contribution in [2.75, 3.05) is 12.4 Å². The van der Waals surface area contributed by atoms with Crippen LogP contribution in [0.2, 0.25) is 0 Å². The molecule has 0 aliphatic rings. The van der Waals surface area contributed by atoms with Crippen molar-refractivity contribution >= 4 is 16.9 Å². The van der Waals surface area contributed by atoms with E-state index in [1.807, 2.05) is 37.5 Å². The topological polar surface area (TPSA) is 37.8 Å². The molecule has 0 bridgehead atoms. The normalized spacial score (nSPS) is 10.1. The minimum absolute atomic E-state index is 0.661. The summed E-state index contributed by atoms with van der Waals surface area (Å²) < 4.78 is 0. The molecule has 3 heteroatoms. The van der Waals surface area contributed by atoms with Gasteiger partial charge in [-0.3, -0.25) is 0 Å². The van der Waals surface area contributed by atoms with E-state index in [0.717, 1.165) is 10.9 Å². The van der Waals surface area contributed by atoms with Crippen LogP contribution in [0.3, 0.4) is 0 Å². The number of nitrogens with zero attached hydrogens (tertiary/aromatic N) is 2. The SMILES string of the molecule is CNc1ncc2ccccc2n1. The van der Waals surface area contributed by atoms with E-state index in [1.54, 1.807) is 0 Å². The molecule has 1 heterocycles. The smallest absolute Gasteiger partial charge is 0.222 e. The third-order valence-electron chi connectivity index (χ3n) is 1.71. The van der Waals surface area contributed by atoms with Crippen LogP contribution in [0.4, 0.5) is 5.95 Å². The molecule has 12 heavy (non-hydrogen) atoms. The lowest BCUT2D eigenvalue weighted by molar-refractivity contribution is 1.19. The molecule has 0 aliphatic carbocycles. The van der Waals surface area contributed by atoms with Gasteiger partial charge >= 0.3 is 0 Å². The first kappa shape index (κ1) is 7.03. The van der Waals surface area contributed by atoms with Gasteiger partial charge in [0.1, 0.15) is 0 Å². The summed E-state index contributed by atoms with van der Waals surface area (Å²) in [6.45, 7) is 0. The molecule has 0 unspecified atom stereocenters. The van der Waals surface area contributed by atoms with Crippen molar-refractivity contribution in [2.24, 2.45) is 0 Å². The Hall–Kier alpha value is -1.64. The molecule has 0 radical (unpaired) electrons. The van der Waals surface area contributed by atoms with E-state index >= 15 is 0 Å². The average molecular weight is 159 g/mol. The van der Waals surface area contributed by atoms with Crippen molar-refractivity contribution in [1.29, 1.82) is 0 Å². The standard InChI is InChI=1S/C9H9N3/c1-10-9-11-6-7-4-2-3-5-8(7)12-9/h2-6H,1H3,(H,10,11,12). The zero-order valence-electron chi connectivity index (χ0n) is 6.78. The predicted molar refractivity (Wildman–Crippen MR) is 49.1 cm³/mol. The minimum atomic E-state index is 0.661. The van der Waals surface area contributed by atoms with Crippen LogP contribution < -0.4 is 5.32 Å². The summed E-state index contributed by atoms with van der Waals surface area (Å²) in [5, 5.41) is 3.96. The maximum atomic E-state index is 4.27. The average Bonchev–Trinajstić information content (AvgIpc) is 2.17. The van der Waals surface area contributed by atoms with E-state index in [4.69, 9.17) is 0 Å². The van der Waals surface area contributed by atoms with Gasteiger partial charge in [0.2, 0.25) is 5.95 Å². The first-order valence-electron chi connectivity index (χ1n) is 3.80. The lowest BCUT2D eigenvalue weighted by Gasteiger charge is -1.99. The van der Waals surface area contributed by atoms with Gasteiger partial charge in [0.25, 0.3) is 0 Å². The fourth-order valence-corrected chi connectivity index (χ4v) is 1.09. The second kappa shape index (κ2) is 2.77. The summed E-state index contributed by atoms with van der Waals surface area (Å²) >= 11 is 0. The Labute approximate surface area is 70.5 Å². The summed E-state index contributed by atoms with van der Waals surface area (Å²) in [5.41, 5.74) is 0.969. The van der Waals surface area contributed by atoms with Crippen LogP contribution in [-0.4, -0.2) is 17.0 Å². The van der Waals surface area contributed by atoms with E-state index in [0.29, 0.717) is 5.95 Å². The van der Waals surface area contributed by atoms with E-state index < -0.39 is 0 Å². The number of hydrogen-bond donors (Lipinski definition) is 1. The zero-order chi connectivity index (χ0) is 8.39. The van der Waals surface area contributed by atoms with Gasteiger partial charge in [0, 0.05) is 18.6 Å². The summed E-state index contributed by atoms with van der Waals surface area (Å²) in [7, 11) is 1.81. The molecule has 2 aromatic rings. The van der Waals surface area contributed by atoms with Gasteiger partial charge < -0.3 is 5.32 Å². The highest BCUT2D eigenvalue weighted by atomic mass is 15.1. The van der Waals surface area contributed by atoms with Crippen LogP contribution in [0.15, 0.2) is 30.5 Å². The molecule has 3 nitrogen and oxygen atoms in total. The molecular weight excluding hydrogens is 150 g/mol. The molecule has 0 saturated carbocycles. The van der Waals surface area contributed by atoms with Gasteiger partial charge in [0.05, 0.1) is 5.52 Å². The number of hydrogen-bond acceptors (Lipinski definition) is 3. The monoisotopic (exact) mass is 159 g/mol. The van der Waals surface area contributed by atoms with Crippen molar-refractivity contribution in [3.8, 4) is 0 Å². The molecule has 0 spiro atoms. The molecule has 0 saturated heterocycles. The van der Waals surface area contributed by atoms with Crippen LogP contribution in [0, 0.1) is 0 Å². The number of benzene rings is 1. The molecule has 0 fully saturated rings. The Morgan fingerprint density at radius 1 is 1.25 bits per heavy atom. The molecule has 0 amide bonds. The Balaban J connectivity index is 2.67. The van der Waals surface area contributed by atoms with Gasteiger partial charge in [-0.2, -0.15) is 0 Å². The van der Waals surface area contributed by atoms with Crippen molar-refractivity contribution in [3.63, 3.8) is 0 Å². The molecule has 60 valence electrons. The number of anilines is 1. The van der Waals surface area contributed by atoms with Crippen molar-refractivity contribution in [2.45, 2.75) is 0 Å². The highest BCUT2D eigenvalue weighted by Crippen LogP contribution is 2.10. The van der Waals surface area contributed by atoms with E-state index in [2.05, 4.69) is 15.3 Å². The maximum Gasteiger partial charge on any atom is 0.222 e. The number of aromatic nitrogens is 2.